The second kappa shape index (κ2) is 8.62. The van der Waals surface area contributed by atoms with Gasteiger partial charge in [0.05, 0.1) is 12.2 Å². The lowest BCUT2D eigenvalue weighted by Gasteiger charge is -2.25. The molecule has 0 fully saturated rings. The molecule has 0 radical (unpaired) electrons. The summed E-state index contributed by atoms with van der Waals surface area (Å²) < 4.78 is 2.05. The van der Waals surface area contributed by atoms with Crippen LogP contribution in [0.3, 0.4) is 0 Å². The van der Waals surface area contributed by atoms with Gasteiger partial charge in [0.2, 0.25) is 0 Å². The molecule has 23 heavy (non-hydrogen) atoms. The van der Waals surface area contributed by atoms with Crippen LogP contribution in [-0.4, -0.2) is 51.8 Å². The maximum atomic E-state index is 4.82. The van der Waals surface area contributed by atoms with E-state index in [1.807, 2.05) is 23.5 Å². The SMILES string of the molecule is CCNC(=NCC(C)(C)SC)N(C)Cc1cn(C)nc1C(C)C. The van der Waals surface area contributed by atoms with Crippen molar-refractivity contribution in [3.05, 3.63) is 17.5 Å². The first kappa shape index (κ1) is 19.9. The van der Waals surface area contributed by atoms with Crippen molar-refractivity contribution in [2.45, 2.75) is 51.8 Å². The van der Waals surface area contributed by atoms with Crippen LogP contribution in [0.25, 0.3) is 0 Å². The van der Waals surface area contributed by atoms with E-state index in [-0.39, 0.29) is 4.75 Å². The summed E-state index contributed by atoms with van der Waals surface area (Å²) in [6, 6.07) is 0. The van der Waals surface area contributed by atoms with Gasteiger partial charge in [-0.2, -0.15) is 16.9 Å². The predicted molar refractivity (Wildman–Crippen MR) is 102 cm³/mol. The van der Waals surface area contributed by atoms with E-state index < -0.39 is 0 Å². The molecule has 1 aromatic heterocycles. The van der Waals surface area contributed by atoms with E-state index in [0.29, 0.717) is 5.92 Å². The molecule has 1 N–H and O–H groups in total. The fourth-order valence-electron chi connectivity index (χ4n) is 2.29. The monoisotopic (exact) mass is 339 g/mol. The van der Waals surface area contributed by atoms with Crippen LogP contribution in [0.1, 0.15) is 51.8 Å². The zero-order valence-corrected chi connectivity index (χ0v) is 16.8. The third kappa shape index (κ3) is 6.09. The summed E-state index contributed by atoms with van der Waals surface area (Å²) in [6.07, 6.45) is 4.25. The highest BCUT2D eigenvalue weighted by atomic mass is 32.2. The number of rotatable bonds is 7. The first-order chi connectivity index (χ1) is 10.7. The number of aliphatic imine (C=N–C) groups is 1. The van der Waals surface area contributed by atoms with Gasteiger partial charge in [-0.15, -0.1) is 0 Å². The number of aromatic nitrogens is 2. The molecule has 5 nitrogen and oxygen atoms in total. The van der Waals surface area contributed by atoms with Gasteiger partial charge in [-0.05, 0) is 32.9 Å². The molecule has 0 bridgehead atoms. The largest absolute Gasteiger partial charge is 0.357 e. The average Bonchev–Trinajstić information content (AvgIpc) is 2.84. The molecule has 0 aliphatic heterocycles. The standard InChI is InChI=1S/C17H33N5S/c1-9-18-16(19-12-17(4,5)23-8)21(6)10-14-11-22(7)20-15(14)13(2)3/h11,13H,9-10,12H2,1-8H3,(H,18,19). The van der Waals surface area contributed by atoms with Gasteiger partial charge in [-0.25, -0.2) is 0 Å². The lowest BCUT2D eigenvalue weighted by atomic mass is 10.1. The molecule has 0 spiro atoms. The van der Waals surface area contributed by atoms with Crippen molar-refractivity contribution < 1.29 is 0 Å². The van der Waals surface area contributed by atoms with Crippen molar-refractivity contribution in [3.8, 4) is 0 Å². The molecule has 0 aliphatic carbocycles. The smallest absolute Gasteiger partial charge is 0.194 e. The van der Waals surface area contributed by atoms with E-state index in [1.54, 1.807) is 0 Å². The Labute approximate surface area is 145 Å². The lowest BCUT2D eigenvalue weighted by molar-refractivity contribution is 0.472. The third-order valence-corrected chi connectivity index (χ3v) is 4.98. The van der Waals surface area contributed by atoms with Crippen LogP contribution in [0.4, 0.5) is 0 Å². The molecular formula is C17H33N5S. The molecule has 0 unspecified atom stereocenters. The summed E-state index contributed by atoms with van der Waals surface area (Å²) in [7, 11) is 4.07. The molecule has 0 atom stereocenters. The Morgan fingerprint density at radius 3 is 2.65 bits per heavy atom. The van der Waals surface area contributed by atoms with Crippen molar-refractivity contribution in [2.75, 3.05) is 26.4 Å². The molecule has 0 aliphatic rings. The van der Waals surface area contributed by atoms with Crippen LogP contribution >= 0.6 is 11.8 Å². The quantitative estimate of drug-likeness (QED) is 0.612. The number of nitrogens with zero attached hydrogens (tertiary/aromatic N) is 4. The molecule has 1 rings (SSSR count). The number of nitrogens with one attached hydrogen (secondary N) is 1. The molecule has 6 heteroatoms. The van der Waals surface area contributed by atoms with Crippen LogP contribution in [0.2, 0.25) is 0 Å². The molecule has 1 heterocycles. The van der Waals surface area contributed by atoms with E-state index >= 15 is 0 Å². The fraction of sp³-hybridized carbons (Fsp3) is 0.765. The predicted octanol–water partition coefficient (Wildman–Crippen LogP) is 3.08. The Kier molecular flexibility index (Phi) is 7.45. The fourth-order valence-corrected chi connectivity index (χ4v) is 2.49. The topological polar surface area (TPSA) is 45.5 Å². The van der Waals surface area contributed by atoms with Gasteiger partial charge in [0, 0.05) is 43.7 Å². The van der Waals surface area contributed by atoms with Gasteiger partial charge in [0.1, 0.15) is 0 Å². The maximum Gasteiger partial charge on any atom is 0.194 e. The number of hydrogen-bond acceptors (Lipinski definition) is 3. The van der Waals surface area contributed by atoms with Crippen LogP contribution in [-0.2, 0) is 13.6 Å². The van der Waals surface area contributed by atoms with Gasteiger partial charge in [-0.3, -0.25) is 9.67 Å². The number of guanidine groups is 1. The van der Waals surface area contributed by atoms with Gasteiger partial charge in [0.25, 0.3) is 0 Å². The highest BCUT2D eigenvalue weighted by molar-refractivity contribution is 7.99. The highest BCUT2D eigenvalue weighted by Crippen LogP contribution is 2.22. The number of thioether (sulfide) groups is 1. The molecular weight excluding hydrogens is 306 g/mol. The minimum Gasteiger partial charge on any atom is -0.357 e. The Morgan fingerprint density at radius 2 is 2.13 bits per heavy atom. The van der Waals surface area contributed by atoms with E-state index in [9.17, 15) is 0 Å². The van der Waals surface area contributed by atoms with Crippen molar-refractivity contribution in [1.29, 1.82) is 0 Å². The molecule has 0 saturated heterocycles. The van der Waals surface area contributed by atoms with Crippen molar-refractivity contribution in [1.82, 2.24) is 20.0 Å². The first-order valence-corrected chi connectivity index (χ1v) is 9.49. The lowest BCUT2D eigenvalue weighted by Crippen LogP contribution is -2.39. The summed E-state index contributed by atoms with van der Waals surface area (Å²) >= 11 is 1.85. The minimum absolute atomic E-state index is 0.152. The van der Waals surface area contributed by atoms with Gasteiger partial charge < -0.3 is 10.2 Å². The summed E-state index contributed by atoms with van der Waals surface area (Å²) in [4.78, 5) is 7.00. The van der Waals surface area contributed by atoms with Crippen LogP contribution in [0.15, 0.2) is 11.2 Å². The van der Waals surface area contributed by atoms with E-state index in [4.69, 9.17) is 4.99 Å². The molecule has 0 aromatic carbocycles. The summed E-state index contributed by atoms with van der Waals surface area (Å²) in [5.74, 6) is 1.38. The van der Waals surface area contributed by atoms with Gasteiger partial charge in [0.15, 0.2) is 5.96 Å². The van der Waals surface area contributed by atoms with Gasteiger partial charge >= 0.3 is 0 Å². The number of hydrogen-bond donors (Lipinski definition) is 1. The van der Waals surface area contributed by atoms with Crippen LogP contribution in [0, 0.1) is 0 Å². The second-order valence-electron chi connectivity index (χ2n) is 6.86. The van der Waals surface area contributed by atoms with E-state index in [0.717, 1.165) is 25.6 Å². The summed E-state index contributed by atoms with van der Waals surface area (Å²) in [6.45, 7) is 13.4. The van der Waals surface area contributed by atoms with Crippen molar-refractivity contribution in [3.63, 3.8) is 0 Å². The second-order valence-corrected chi connectivity index (χ2v) is 8.37. The molecule has 0 saturated carbocycles. The minimum atomic E-state index is 0.152. The third-order valence-electron chi connectivity index (χ3n) is 3.75. The zero-order chi connectivity index (χ0) is 17.6. The van der Waals surface area contributed by atoms with E-state index in [1.165, 1.54) is 11.3 Å². The maximum absolute atomic E-state index is 4.82. The van der Waals surface area contributed by atoms with Crippen molar-refractivity contribution in [2.24, 2.45) is 12.0 Å². The molecule has 1 aromatic rings. The zero-order valence-electron chi connectivity index (χ0n) is 16.0. The summed E-state index contributed by atoms with van der Waals surface area (Å²) in [5, 5.41) is 7.99. The Balaban J connectivity index is 2.90. The highest BCUT2D eigenvalue weighted by Gasteiger charge is 2.18. The van der Waals surface area contributed by atoms with E-state index in [2.05, 4.69) is 69.4 Å². The van der Waals surface area contributed by atoms with Crippen LogP contribution < -0.4 is 5.32 Å². The normalized spacial score (nSPS) is 12.8. The first-order valence-electron chi connectivity index (χ1n) is 8.27. The summed E-state index contributed by atoms with van der Waals surface area (Å²) in [5.41, 5.74) is 2.43. The molecule has 132 valence electrons. The number of aryl methyl sites for hydroxylation is 1. The van der Waals surface area contributed by atoms with Crippen molar-refractivity contribution >= 4 is 17.7 Å². The Morgan fingerprint density at radius 1 is 1.48 bits per heavy atom. The van der Waals surface area contributed by atoms with Gasteiger partial charge in [-0.1, -0.05) is 13.8 Å². The Bertz CT molecular complexity index is 519. The average molecular weight is 340 g/mol. The van der Waals surface area contributed by atoms with Crippen LogP contribution in [0.5, 0.6) is 0 Å². The Hall–Kier alpha value is -1.17. The molecule has 0 amide bonds.